The van der Waals surface area contributed by atoms with E-state index in [9.17, 15) is 9.59 Å². The van der Waals surface area contributed by atoms with Crippen LogP contribution in [0.2, 0.25) is 0 Å². The topological polar surface area (TPSA) is 89.6 Å². The van der Waals surface area contributed by atoms with E-state index in [0.29, 0.717) is 35.7 Å². The molecule has 24 heavy (non-hydrogen) atoms. The third-order valence-corrected chi connectivity index (χ3v) is 3.28. The molecule has 2 amide bonds. The molecule has 0 unspecified atom stereocenters. The van der Waals surface area contributed by atoms with E-state index in [1.165, 1.54) is 14.2 Å². The number of rotatable bonds is 7. The summed E-state index contributed by atoms with van der Waals surface area (Å²) in [7, 11) is 3.04. The molecule has 0 aliphatic rings. The highest BCUT2D eigenvalue weighted by molar-refractivity contribution is 5.95. The number of carbonyl (C=O) groups is 2. The van der Waals surface area contributed by atoms with Gasteiger partial charge in [-0.1, -0.05) is 0 Å². The van der Waals surface area contributed by atoms with Crippen LogP contribution in [0, 0.1) is 0 Å². The Labute approximate surface area is 140 Å². The molecular formula is C17H19N3O4. The number of nitrogens with zero attached hydrogens (tertiary/aromatic N) is 1. The van der Waals surface area contributed by atoms with Crippen molar-refractivity contribution < 1.29 is 19.1 Å². The van der Waals surface area contributed by atoms with Crippen LogP contribution < -0.4 is 20.1 Å². The van der Waals surface area contributed by atoms with Gasteiger partial charge >= 0.3 is 0 Å². The van der Waals surface area contributed by atoms with Gasteiger partial charge < -0.3 is 20.1 Å². The van der Waals surface area contributed by atoms with Crippen molar-refractivity contribution in [3.8, 4) is 11.5 Å². The van der Waals surface area contributed by atoms with Crippen LogP contribution in [0.4, 0.5) is 0 Å². The third kappa shape index (κ3) is 4.45. The summed E-state index contributed by atoms with van der Waals surface area (Å²) in [4.78, 5) is 27.8. The summed E-state index contributed by atoms with van der Waals surface area (Å²) in [6.45, 7) is 0.629. The molecule has 0 saturated carbocycles. The molecule has 0 fully saturated rings. The first-order valence-corrected chi connectivity index (χ1v) is 7.34. The molecule has 126 valence electrons. The van der Waals surface area contributed by atoms with Crippen LogP contribution in [-0.2, 0) is 0 Å². The highest BCUT2D eigenvalue weighted by atomic mass is 16.5. The molecule has 2 N–H and O–H groups in total. The zero-order valence-corrected chi connectivity index (χ0v) is 13.5. The number of aromatic nitrogens is 1. The third-order valence-electron chi connectivity index (χ3n) is 3.28. The van der Waals surface area contributed by atoms with Crippen LogP contribution >= 0.6 is 0 Å². The first-order valence-electron chi connectivity index (χ1n) is 7.34. The second-order valence-corrected chi connectivity index (χ2v) is 4.82. The lowest BCUT2D eigenvalue weighted by Gasteiger charge is -2.10. The van der Waals surface area contributed by atoms with E-state index in [2.05, 4.69) is 15.6 Å². The van der Waals surface area contributed by atoms with Crippen LogP contribution in [-0.4, -0.2) is 44.1 Å². The summed E-state index contributed by atoms with van der Waals surface area (Å²) in [5, 5.41) is 5.45. The smallest absolute Gasteiger partial charge is 0.251 e. The van der Waals surface area contributed by atoms with E-state index in [0.717, 1.165) is 0 Å². The van der Waals surface area contributed by atoms with Gasteiger partial charge in [-0.25, -0.2) is 0 Å². The van der Waals surface area contributed by atoms with Gasteiger partial charge in [-0.3, -0.25) is 14.6 Å². The Hall–Kier alpha value is -3.09. The number of ether oxygens (including phenoxy) is 2. The number of carbonyl (C=O) groups excluding carboxylic acids is 2. The predicted molar refractivity (Wildman–Crippen MR) is 88.4 cm³/mol. The van der Waals surface area contributed by atoms with Gasteiger partial charge in [-0.2, -0.15) is 0 Å². The lowest BCUT2D eigenvalue weighted by atomic mass is 10.2. The highest BCUT2D eigenvalue weighted by Crippen LogP contribution is 2.27. The first-order chi connectivity index (χ1) is 11.7. The normalized spacial score (nSPS) is 9.92. The summed E-state index contributed by atoms with van der Waals surface area (Å²) in [6.07, 6.45) is 3.10. The molecule has 0 aliphatic carbocycles. The summed E-state index contributed by atoms with van der Waals surface area (Å²) >= 11 is 0. The standard InChI is InChI=1S/C17H19N3O4/c1-23-14-4-3-13(11-15(14)24-2)17(22)20-10-9-19-16(21)12-5-7-18-8-6-12/h3-8,11H,9-10H2,1-2H3,(H,19,21)(H,20,22). The molecule has 1 heterocycles. The minimum absolute atomic E-state index is 0.210. The average molecular weight is 329 g/mol. The van der Waals surface area contributed by atoms with E-state index in [-0.39, 0.29) is 11.8 Å². The number of benzene rings is 1. The van der Waals surface area contributed by atoms with Gasteiger partial charge in [0.05, 0.1) is 14.2 Å². The molecule has 2 aromatic rings. The Morgan fingerprint density at radius 3 is 2.04 bits per heavy atom. The molecule has 0 spiro atoms. The molecular weight excluding hydrogens is 310 g/mol. The summed E-state index contributed by atoms with van der Waals surface area (Å²) in [6, 6.07) is 8.16. The Bertz CT molecular complexity index is 704. The van der Waals surface area contributed by atoms with E-state index < -0.39 is 0 Å². The maximum absolute atomic E-state index is 12.1. The number of methoxy groups -OCH3 is 2. The van der Waals surface area contributed by atoms with Crippen molar-refractivity contribution in [1.29, 1.82) is 0 Å². The molecule has 2 rings (SSSR count). The molecule has 0 saturated heterocycles. The van der Waals surface area contributed by atoms with Crippen LogP contribution in [0.15, 0.2) is 42.7 Å². The maximum atomic E-state index is 12.1. The average Bonchev–Trinajstić information content (AvgIpc) is 2.64. The number of pyridine rings is 1. The summed E-state index contributed by atoms with van der Waals surface area (Å²) in [5.74, 6) is 0.571. The minimum atomic E-state index is -0.255. The Kier molecular flexibility index (Phi) is 6.13. The minimum Gasteiger partial charge on any atom is -0.493 e. The van der Waals surface area contributed by atoms with Gasteiger partial charge in [0.1, 0.15) is 0 Å². The fourth-order valence-corrected chi connectivity index (χ4v) is 2.04. The SMILES string of the molecule is COc1ccc(C(=O)NCCNC(=O)c2ccncc2)cc1OC. The first kappa shape index (κ1) is 17.3. The lowest BCUT2D eigenvalue weighted by molar-refractivity contribution is 0.0927. The summed E-state index contributed by atoms with van der Waals surface area (Å²) < 4.78 is 10.3. The molecule has 1 aromatic heterocycles. The van der Waals surface area contributed by atoms with Crippen molar-refractivity contribution in [2.75, 3.05) is 27.3 Å². The van der Waals surface area contributed by atoms with Gasteiger partial charge in [-0.15, -0.1) is 0 Å². The van der Waals surface area contributed by atoms with Crippen LogP contribution in [0.1, 0.15) is 20.7 Å². The number of nitrogens with one attached hydrogen (secondary N) is 2. The van der Waals surface area contributed by atoms with E-state index in [1.54, 1.807) is 42.7 Å². The second kappa shape index (κ2) is 8.52. The summed E-state index contributed by atoms with van der Waals surface area (Å²) in [5.41, 5.74) is 0.976. The Morgan fingerprint density at radius 2 is 1.46 bits per heavy atom. The van der Waals surface area contributed by atoms with Gasteiger partial charge in [0.2, 0.25) is 0 Å². The second-order valence-electron chi connectivity index (χ2n) is 4.82. The van der Waals surface area contributed by atoms with Crippen LogP contribution in [0.5, 0.6) is 11.5 Å². The van der Waals surface area contributed by atoms with Gasteiger partial charge in [0.15, 0.2) is 11.5 Å². The molecule has 0 bridgehead atoms. The van der Waals surface area contributed by atoms with Crippen molar-refractivity contribution in [3.05, 3.63) is 53.9 Å². The molecule has 0 radical (unpaired) electrons. The van der Waals surface area contributed by atoms with E-state index in [1.807, 2.05) is 0 Å². The van der Waals surface area contributed by atoms with Crippen molar-refractivity contribution >= 4 is 11.8 Å². The van der Waals surface area contributed by atoms with Gasteiger partial charge in [-0.05, 0) is 30.3 Å². The maximum Gasteiger partial charge on any atom is 0.251 e. The molecule has 1 aromatic carbocycles. The van der Waals surface area contributed by atoms with E-state index in [4.69, 9.17) is 9.47 Å². The van der Waals surface area contributed by atoms with Crippen LogP contribution in [0.25, 0.3) is 0 Å². The Morgan fingerprint density at radius 1 is 0.875 bits per heavy atom. The predicted octanol–water partition coefficient (Wildman–Crippen LogP) is 1.26. The largest absolute Gasteiger partial charge is 0.493 e. The molecule has 7 nitrogen and oxygen atoms in total. The van der Waals surface area contributed by atoms with Gasteiger partial charge in [0.25, 0.3) is 11.8 Å². The monoisotopic (exact) mass is 329 g/mol. The quantitative estimate of drug-likeness (QED) is 0.747. The van der Waals surface area contributed by atoms with E-state index >= 15 is 0 Å². The lowest BCUT2D eigenvalue weighted by Crippen LogP contribution is -2.34. The van der Waals surface area contributed by atoms with Crippen LogP contribution in [0.3, 0.4) is 0 Å². The van der Waals surface area contributed by atoms with Crippen molar-refractivity contribution in [3.63, 3.8) is 0 Å². The van der Waals surface area contributed by atoms with Crippen molar-refractivity contribution in [2.45, 2.75) is 0 Å². The number of hydrogen-bond acceptors (Lipinski definition) is 5. The molecule has 0 atom stereocenters. The number of amides is 2. The van der Waals surface area contributed by atoms with Gasteiger partial charge in [0, 0.05) is 36.6 Å². The zero-order chi connectivity index (χ0) is 17.4. The molecule has 0 aliphatic heterocycles. The Balaban J connectivity index is 1.82. The highest BCUT2D eigenvalue weighted by Gasteiger charge is 2.10. The molecule has 7 heteroatoms. The number of hydrogen-bond donors (Lipinski definition) is 2. The van der Waals surface area contributed by atoms with Crippen molar-refractivity contribution in [2.24, 2.45) is 0 Å². The fraction of sp³-hybridized carbons (Fsp3) is 0.235. The zero-order valence-electron chi connectivity index (χ0n) is 13.5. The van der Waals surface area contributed by atoms with Crippen molar-refractivity contribution in [1.82, 2.24) is 15.6 Å². The fourth-order valence-electron chi connectivity index (χ4n) is 2.04.